The molecule has 0 aliphatic carbocycles. The topological polar surface area (TPSA) is 95.5 Å². The Bertz CT molecular complexity index is 498. The largest absolute Gasteiger partial charge is 0.486 e. The van der Waals surface area contributed by atoms with E-state index in [1.165, 1.54) is 12.1 Å². The lowest BCUT2D eigenvalue weighted by Crippen LogP contribution is -2.16. The van der Waals surface area contributed by atoms with Gasteiger partial charge in [-0.25, -0.2) is 0 Å². The van der Waals surface area contributed by atoms with Gasteiger partial charge in [-0.05, 0) is 18.4 Å². The van der Waals surface area contributed by atoms with Crippen molar-refractivity contribution >= 4 is 11.6 Å². The second-order valence-corrected chi connectivity index (χ2v) is 4.62. The van der Waals surface area contributed by atoms with Gasteiger partial charge in [0.1, 0.15) is 0 Å². The zero-order chi connectivity index (χ0) is 14.6. The summed E-state index contributed by atoms with van der Waals surface area (Å²) in [5.74, 6) is -0.236. The number of benzene rings is 1. The van der Waals surface area contributed by atoms with Crippen molar-refractivity contribution in [3.63, 3.8) is 0 Å². The van der Waals surface area contributed by atoms with Gasteiger partial charge >= 0.3 is 5.69 Å². The number of nitrogens with zero attached hydrogens (tertiary/aromatic N) is 1. The number of primary amides is 1. The third-order valence-corrected chi connectivity index (χ3v) is 2.62. The number of hydrogen-bond acceptors (Lipinski definition) is 4. The molecule has 1 aromatic carbocycles. The van der Waals surface area contributed by atoms with Gasteiger partial charge < -0.3 is 10.5 Å². The highest BCUT2D eigenvalue weighted by atomic mass is 16.6. The van der Waals surface area contributed by atoms with Crippen LogP contribution in [0.5, 0.6) is 5.75 Å². The monoisotopic (exact) mass is 266 g/mol. The predicted octanol–water partition coefficient (Wildman–Crippen LogP) is 2.29. The minimum Gasteiger partial charge on any atom is -0.486 e. The lowest BCUT2D eigenvalue weighted by molar-refractivity contribution is -0.386. The van der Waals surface area contributed by atoms with Crippen molar-refractivity contribution in [2.24, 2.45) is 11.7 Å². The number of nitro benzene ring substituents is 1. The number of carbonyl (C=O) groups is 1. The molecule has 0 fully saturated rings. The van der Waals surface area contributed by atoms with Crippen LogP contribution in [0.25, 0.3) is 0 Å². The van der Waals surface area contributed by atoms with Crippen LogP contribution in [-0.4, -0.2) is 17.4 Å². The molecular formula is C13H18N2O4. The zero-order valence-corrected chi connectivity index (χ0v) is 11.3. The number of carbonyl (C=O) groups excluding carboxylic acids is 1. The number of nitrogens with two attached hydrogens (primary N) is 1. The molecule has 0 aliphatic rings. The van der Waals surface area contributed by atoms with Crippen molar-refractivity contribution in [1.29, 1.82) is 0 Å². The Kier molecular flexibility index (Phi) is 4.86. The van der Waals surface area contributed by atoms with Crippen molar-refractivity contribution < 1.29 is 14.5 Å². The quantitative estimate of drug-likeness (QED) is 0.631. The molecule has 0 saturated carbocycles. The van der Waals surface area contributed by atoms with Gasteiger partial charge in [-0.15, -0.1) is 0 Å². The lowest BCUT2D eigenvalue weighted by Gasteiger charge is -2.14. The summed E-state index contributed by atoms with van der Waals surface area (Å²) < 4.78 is 5.52. The Morgan fingerprint density at radius 2 is 2.11 bits per heavy atom. The van der Waals surface area contributed by atoms with Gasteiger partial charge in [0, 0.05) is 17.2 Å². The fourth-order valence-electron chi connectivity index (χ4n) is 1.75. The highest BCUT2D eigenvalue weighted by molar-refractivity contribution is 5.95. The third-order valence-electron chi connectivity index (χ3n) is 2.62. The molecule has 0 heterocycles. The summed E-state index contributed by atoms with van der Waals surface area (Å²) in [6.07, 6.45) is 0.438. The smallest absolute Gasteiger partial charge is 0.311 e. The van der Waals surface area contributed by atoms with Crippen LogP contribution in [0.4, 0.5) is 5.69 Å². The van der Waals surface area contributed by atoms with Gasteiger partial charge in [-0.1, -0.05) is 20.8 Å². The number of ether oxygens (including phenoxy) is 1. The Morgan fingerprint density at radius 3 is 2.53 bits per heavy atom. The summed E-state index contributed by atoms with van der Waals surface area (Å²) in [5.41, 5.74) is 5.90. The van der Waals surface area contributed by atoms with Crippen molar-refractivity contribution in [3.8, 4) is 5.75 Å². The molecule has 104 valence electrons. The molecule has 0 bridgehead atoms. The molecule has 0 aliphatic heterocycles. The first-order chi connectivity index (χ1) is 8.88. The van der Waals surface area contributed by atoms with Crippen LogP contribution in [0.3, 0.4) is 0 Å². The summed E-state index contributed by atoms with van der Waals surface area (Å²) >= 11 is 0. The first kappa shape index (κ1) is 14.9. The Labute approximate surface area is 111 Å². The molecule has 6 heteroatoms. The van der Waals surface area contributed by atoms with Gasteiger partial charge in [0.25, 0.3) is 0 Å². The predicted molar refractivity (Wildman–Crippen MR) is 71.3 cm³/mol. The van der Waals surface area contributed by atoms with E-state index >= 15 is 0 Å². The van der Waals surface area contributed by atoms with Gasteiger partial charge in [0.05, 0.1) is 11.5 Å². The van der Waals surface area contributed by atoms with Crippen LogP contribution < -0.4 is 10.5 Å². The number of rotatable bonds is 6. The molecule has 0 unspecified atom stereocenters. The summed E-state index contributed by atoms with van der Waals surface area (Å²) in [4.78, 5) is 21.9. The van der Waals surface area contributed by atoms with E-state index in [1.807, 2.05) is 13.8 Å². The molecule has 0 aromatic heterocycles. The second-order valence-electron chi connectivity index (χ2n) is 4.62. The van der Waals surface area contributed by atoms with Crippen LogP contribution >= 0.6 is 0 Å². The molecule has 0 spiro atoms. The summed E-state index contributed by atoms with van der Waals surface area (Å²) in [6, 6.07) is 2.64. The highest BCUT2D eigenvalue weighted by Gasteiger charge is 2.23. The van der Waals surface area contributed by atoms with E-state index in [-0.39, 0.29) is 22.9 Å². The molecule has 0 atom stereocenters. The second kappa shape index (κ2) is 6.17. The standard InChI is InChI=1S/C13H18N2O4/c1-4-9-10(13(14)16)5-6-11(15(17)18)12(9)19-7-8(2)3/h5-6,8H,4,7H2,1-3H3,(H2,14,16). The number of hydrogen-bond donors (Lipinski definition) is 1. The molecule has 19 heavy (non-hydrogen) atoms. The maximum absolute atomic E-state index is 11.3. The SMILES string of the molecule is CCc1c(C(N)=O)ccc([N+](=O)[O-])c1OCC(C)C. The average Bonchev–Trinajstić information content (AvgIpc) is 2.34. The van der Waals surface area contributed by atoms with Crippen LogP contribution in [0.2, 0.25) is 0 Å². The number of amides is 1. The van der Waals surface area contributed by atoms with Crippen LogP contribution in [0, 0.1) is 16.0 Å². The van der Waals surface area contributed by atoms with Gasteiger partial charge in [-0.3, -0.25) is 14.9 Å². The first-order valence-corrected chi connectivity index (χ1v) is 6.11. The Balaban J connectivity index is 3.36. The van der Waals surface area contributed by atoms with E-state index in [2.05, 4.69) is 0 Å². The fraction of sp³-hybridized carbons (Fsp3) is 0.462. The van der Waals surface area contributed by atoms with E-state index in [1.54, 1.807) is 6.92 Å². The highest BCUT2D eigenvalue weighted by Crippen LogP contribution is 2.34. The molecule has 1 amide bonds. The van der Waals surface area contributed by atoms with E-state index < -0.39 is 10.8 Å². The zero-order valence-electron chi connectivity index (χ0n) is 11.3. The Morgan fingerprint density at radius 1 is 1.47 bits per heavy atom. The van der Waals surface area contributed by atoms with E-state index in [0.717, 1.165) is 0 Å². The average molecular weight is 266 g/mol. The van der Waals surface area contributed by atoms with Crippen molar-refractivity contribution in [2.45, 2.75) is 27.2 Å². The molecule has 0 radical (unpaired) electrons. The van der Waals surface area contributed by atoms with E-state index in [9.17, 15) is 14.9 Å². The fourth-order valence-corrected chi connectivity index (χ4v) is 1.75. The van der Waals surface area contributed by atoms with Crippen molar-refractivity contribution in [3.05, 3.63) is 33.4 Å². The summed E-state index contributed by atoms with van der Waals surface area (Å²) in [6.45, 7) is 6.02. The molecule has 0 saturated heterocycles. The molecule has 6 nitrogen and oxygen atoms in total. The molecule has 1 rings (SSSR count). The van der Waals surface area contributed by atoms with Gasteiger partial charge in [0.15, 0.2) is 0 Å². The minimum absolute atomic E-state index is 0.137. The van der Waals surface area contributed by atoms with E-state index in [4.69, 9.17) is 10.5 Å². The maximum Gasteiger partial charge on any atom is 0.311 e. The molecule has 1 aromatic rings. The van der Waals surface area contributed by atoms with Crippen LogP contribution in [0.1, 0.15) is 36.7 Å². The summed E-state index contributed by atoms with van der Waals surface area (Å²) in [5, 5.41) is 11.0. The molecular weight excluding hydrogens is 248 g/mol. The van der Waals surface area contributed by atoms with Crippen molar-refractivity contribution in [1.82, 2.24) is 0 Å². The molecule has 2 N–H and O–H groups in total. The van der Waals surface area contributed by atoms with Crippen LogP contribution in [0.15, 0.2) is 12.1 Å². The van der Waals surface area contributed by atoms with Gasteiger partial charge in [0.2, 0.25) is 11.7 Å². The van der Waals surface area contributed by atoms with Gasteiger partial charge in [-0.2, -0.15) is 0 Å². The normalized spacial score (nSPS) is 10.5. The maximum atomic E-state index is 11.3. The first-order valence-electron chi connectivity index (χ1n) is 6.11. The third kappa shape index (κ3) is 3.43. The minimum atomic E-state index is -0.610. The summed E-state index contributed by atoms with van der Waals surface area (Å²) in [7, 11) is 0. The van der Waals surface area contributed by atoms with Crippen molar-refractivity contribution in [2.75, 3.05) is 6.61 Å². The van der Waals surface area contributed by atoms with Crippen LogP contribution in [-0.2, 0) is 6.42 Å². The Hall–Kier alpha value is -2.11. The number of nitro groups is 1. The lowest BCUT2D eigenvalue weighted by atomic mass is 10.0. The van der Waals surface area contributed by atoms with E-state index in [0.29, 0.717) is 18.6 Å².